The van der Waals surface area contributed by atoms with Crippen molar-refractivity contribution in [2.24, 2.45) is 5.10 Å². The molecule has 0 aliphatic rings. The van der Waals surface area contributed by atoms with Gasteiger partial charge < -0.3 is 4.74 Å². The van der Waals surface area contributed by atoms with E-state index in [0.717, 1.165) is 23.3 Å². The van der Waals surface area contributed by atoms with Gasteiger partial charge in [0.15, 0.2) is 0 Å². The van der Waals surface area contributed by atoms with Crippen LogP contribution in [0.25, 0.3) is 0 Å². The van der Waals surface area contributed by atoms with Crippen LogP contribution in [0.5, 0.6) is 5.75 Å². The summed E-state index contributed by atoms with van der Waals surface area (Å²) in [5.74, 6) is 0.705. The van der Waals surface area contributed by atoms with E-state index in [-0.39, 0.29) is 5.69 Å². The van der Waals surface area contributed by atoms with Gasteiger partial charge in [0.1, 0.15) is 5.75 Å². The molecule has 9 nitrogen and oxygen atoms in total. The van der Waals surface area contributed by atoms with Crippen molar-refractivity contribution in [2.45, 2.75) is 6.42 Å². The van der Waals surface area contributed by atoms with Gasteiger partial charge in [-0.25, -0.2) is 0 Å². The van der Waals surface area contributed by atoms with Gasteiger partial charge in [-0.1, -0.05) is 30.3 Å². The maximum Gasteiger partial charge on any atom is 0.348 e. The molecule has 0 amide bonds. The van der Waals surface area contributed by atoms with Crippen LogP contribution < -0.4 is 10.2 Å². The van der Waals surface area contributed by atoms with Gasteiger partial charge in [-0.2, -0.15) is 5.10 Å². The number of nitrogens with zero attached hydrogens (tertiary/aromatic N) is 3. The molecule has 0 bridgehead atoms. The maximum absolute atomic E-state index is 11.2. The summed E-state index contributed by atoms with van der Waals surface area (Å²) >= 11 is 0. The monoisotopic (exact) mass is 406 g/mol. The SMILES string of the molecule is COc1ccc(/C(Cc2ccccc2)=N/Nc2ccc([N+](=O)[O-])c([N+](=O)[O-])c2)cc1. The topological polar surface area (TPSA) is 120 Å². The van der Waals surface area contributed by atoms with Gasteiger partial charge >= 0.3 is 11.4 Å². The molecule has 0 heterocycles. The summed E-state index contributed by atoms with van der Waals surface area (Å²) in [5, 5.41) is 26.6. The van der Waals surface area contributed by atoms with Crippen molar-refractivity contribution in [2.75, 3.05) is 12.5 Å². The Labute approximate surface area is 171 Å². The summed E-state index contributed by atoms with van der Waals surface area (Å²) in [5.41, 5.74) is 4.43. The molecule has 0 atom stereocenters. The minimum atomic E-state index is -0.790. The summed E-state index contributed by atoms with van der Waals surface area (Å²) in [4.78, 5) is 20.6. The smallest absolute Gasteiger partial charge is 0.348 e. The van der Waals surface area contributed by atoms with Crippen LogP contribution in [0.15, 0.2) is 77.9 Å². The minimum Gasteiger partial charge on any atom is -0.497 e. The number of hydrazone groups is 1. The molecule has 9 heteroatoms. The van der Waals surface area contributed by atoms with Crippen LogP contribution in [0.3, 0.4) is 0 Å². The van der Waals surface area contributed by atoms with Crippen LogP contribution in [0.2, 0.25) is 0 Å². The lowest BCUT2D eigenvalue weighted by Gasteiger charge is -2.10. The molecule has 0 radical (unpaired) electrons. The highest BCUT2D eigenvalue weighted by Crippen LogP contribution is 2.29. The summed E-state index contributed by atoms with van der Waals surface area (Å²) in [6.45, 7) is 0. The maximum atomic E-state index is 11.2. The van der Waals surface area contributed by atoms with Crippen molar-refractivity contribution in [1.82, 2.24) is 0 Å². The molecule has 3 aromatic rings. The second-order valence-electron chi connectivity index (χ2n) is 6.28. The standard InChI is InChI=1S/C21H18N4O5/c1-30-18-10-7-16(8-11-18)19(13-15-5-3-2-4-6-15)23-22-17-9-12-20(24(26)27)21(14-17)25(28)29/h2-12,14,22H,13H2,1H3/b23-19+. The summed E-state index contributed by atoms with van der Waals surface area (Å²) < 4.78 is 5.19. The third kappa shape index (κ3) is 4.96. The van der Waals surface area contributed by atoms with Crippen molar-refractivity contribution in [3.8, 4) is 5.75 Å². The first kappa shape index (κ1) is 20.5. The van der Waals surface area contributed by atoms with Crippen molar-refractivity contribution in [3.05, 3.63) is 104 Å². The van der Waals surface area contributed by atoms with E-state index in [1.54, 1.807) is 7.11 Å². The van der Waals surface area contributed by atoms with E-state index in [1.165, 1.54) is 6.07 Å². The van der Waals surface area contributed by atoms with E-state index in [0.29, 0.717) is 17.9 Å². The molecule has 3 aromatic carbocycles. The second-order valence-corrected chi connectivity index (χ2v) is 6.28. The van der Waals surface area contributed by atoms with Crippen molar-refractivity contribution in [1.29, 1.82) is 0 Å². The molecular weight excluding hydrogens is 388 g/mol. The Kier molecular flexibility index (Phi) is 6.33. The van der Waals surface area contributed by atoms with Crippen molar-refractivity contribution < 1.29 is 14.6 Å². The molecular formula is C21H18N4O5. The molecule has 0 spiro atoms. The van der Waals surface area contributed by atoms with Gasteiger partial charge in [-0.15, -0.1) is 0 Å². The van der Waals surface area contributed by atoms with Gasteiger partial charge in [0, 0.05) is 18.6 Å². The number of anilines is 1. The van der Waals surface area contributed by atoms with Gasteiger partial charge in [0.2, 0.25) is 0 Å². The first-order valence-corrected chi connectivity index (χ1v) is 8.91. The predicted molar refractivity (Wildman–Crippen MR) is 113 cm³/mol. The zero-order valence-corrected chi connectivity index (χ0v) is 16.0. The molecule has 30 heavy (non-hydrogen) atoms. The van der Waals surface area contributed by atoms with Crippen LogP contribution >= 0.6 is 0 Å². The minimum absolute atomic E-state index is 0.270. The Morgan fingerprint density at radius 2 is 1.60 bits per heavy atom. The van der Waals surface area contributed by atoms with Gasteiger partial charge in [0.25, 0.3) is 0 Å². The lowest BCUT2D eigenvalue weighted by molar-refractivity contribution is -0.422. The number of hydrogen-bond donors (Lipinski definition) is 1. The number of methoxy groups -OCH3 is 1. The van der Waals surface area contributed by atoms with E-state index in [1.807, 2.05) is 54.6 Å². The van der Waals surface area contributed by atoms with Gasteiger partial charge in [-0.05, 0) is 41.5 Å². The molecule has 0 aromatic heterocycles. The number of rotatable bonds is 8. The largest absolute Gasteiger partial charge is 0.497 e. The Morgan fingerprint density at radius 1 is 0.933 bits per heavy atom. The van der Waals surface area contributed by atoms with Crippen LogP contribution in [0, 0.1) is 20.2 Å². The van der Waals surface area contributed by atoms with Crippen LogP contribution in [0.4, 0.5) is 17.1 Å². The van der Waals surface area contributed by atoms with Crippen LogP contribution in [-0.2, 0) is 6.42 Å². The van der Waals surface area contributed by atoms with E-state index >= 15 is 0 Å². The molecule has 3 rings (SSSR count). The molecule has 0 saturated carbocycles. The molecule has 0 saturated heterocycles. The first-order chi connectivity index (χ1) is 14.5. The van der Waals surface area contributed by atoms with Crippen molar-refractivity contribution in [3.63, 3.8) is 0 Å². The molecule has 0 aliphatic carbocycles. The third-order valence-corrected chi connectivity index (χ3v) is 4.33. The average molecular weight is 406 g/mol. The highest BCUT2D eigenvalue weighted by molar-refractivity contribution is 6.02. The van der Waals surface area contributed by atoms with Crippen LogP contribution in [-0.4, -0.2) is 22.7 Å². The molecule has 152 valence electrons. The van der Waals surface area contributed by atoms with Crippen LogP contribution in [0.1, 0.15) is 11.1 Å². The number of nitro groups is 2. The number of hydrogen-bond acceptors (Lipinski definition) is 7. The van der Waals surface area contributed by atoms with E-state index in [9.17, 15) is 20.2 Å². The normalized spacial score (nSPS) is 11.0. The summed E-state index contributed by atoms with van der Waals surface area (Å²) in [6, 6.07) is 20.6. The number of nitro benzene ring substituents is 2. The second kappa shape index (κ2) is 9.28. The predicted octanol–water partition coefficient (Wildman–Crippen LogP) is 4.57. The third-order valence-electron chi connectivity index (χ3n) is 4.33. The summed E-state index contributed by atoms with van der Waals surface area (Å²) in [6.07, 6.45) is 0.509. The lowest BCUT2D eigenvalue weighted by atomic mass is 10.0. The average Bonchev–Trinajstić information content (AvgIpc) is 2.77. The Balaban J connectivity index is 1.93. The zero-order chi connectivity index (χ0) is 21.5. The number of nitrogens with one attached hydrogen (secondary N) is 1. The molecule has 0 unspecified atom stereocenters. The molecule has 0 fully saturated rings. The fourth-order valence-corrected chi connectivity index (χ4v) is 2.80. The highest BCUT2D eigenvalue weighted by Gasteiger charge is 2.24. The highest BCUT2D eigenvalue weighted by atomic mass is 16.6. The quantitative estimate of drug-likeness (QED) is 0.332. The number of benzene rings is 3. The first-order valence-electron chi connectivity index (χ1n) is 8.91. The fraction of sp³-hybridized carbons (Fsp3) is 0.0952. The summed E-state index contributed by atoms with van der Waals surface area (Å²) in [7, 11) is 1.58. The van der Waals surface area contributed by atoms with E-state index in [4.69, 9.17) is 4.74 Å². The van der Waals surface area contributed by atoms with E-state index < -0.39 is 21.2 Å². The Bertz CT molecular complexity index is 1080. The fourth-order valence-electron chi connectivity index (χ4n) is 2.80. The molecule has 1 N–H and O–H groups in total. The van der Waals surface area contributed by atoms with Gasteiger partial charge in [-0.3, -0.25) is 25.7 Å². The lowest BCUT2D eigenvalue weighted by Crippen LogP contribution is -2.08. The van der Waals surface area contributed by atoms with Crippen molar-refractivity contribution >= 4 is 22.8 Å². The van der Waals surface area contributed by atoms with E-state index in [2.05, 4.69) is 10.5 Å². The zero-order valence-electron chi connectivity index (χ0n) is 16.0. The number of ether oxygens (including phenoxy) is 1. The van der Waals surface area contributed by atoms with Gasteiger partial charge in [0.05, 0.1) is 28.4 Å². The molecule has 0 aliphatic heterocycles. The Morgan fingerprint density at radius 3 is 2.20 bits per heavy atom. The Hall–Kier alpha value is -4.27.